The predicted molar refractivity (Wildman–Crippen MR) is 106 cm³/mol. The molecule has 0 aliphatic heterocycles. The number of aryl methyl sites for hydroxylation is 1. The Kier molecular flexibility index (Phi) is 5.32. The van der Waals surface area contributed by atoms with Gasteiger partial charge in [-0.25, -0.2) is 0 Å². The number of amides is 1. The molecule has 0 fully saturated rings. The molecule has 1 unspecified atom stereocenters. The third kappa shape index (κ3) is 4.03. The minimum Gasteiger partial charge on any atom is -0.322 e. The van der Waals surface area contributed by atoms with Gasteiger partial charge in [-0.15, -0.1) is 0 Å². The Morgan fingerprint density at radius 2 is 1.89 bits per heavy atom. The first-order valence-corrected chi connectivity index (χ1v) is 8.75. The molecule has 0 spiro atoms. The van der Waals surface area contributed by atoms with Gasteiger partial charge in [0.25, 0.3) is 11.5 Å². The van der Waals surface area contributed by atoms with Crippen LogP contribution in [0.25, 0.3) is 11.0 Å². The SMILES string of the molecule is Cc1ccn(C(C)CN(C)C)c(=O)c1C(=O)Nc1ccc2nccnc2c1. The van der Waals surface area contributed by atoms with Crippen LogP contribution in [0.3, 0.4) is 0 Å². The van der Waals surface area contributed by atoms with E-state index in [1.165, 1.54) is 0 Å². The van der Waals surface area contributed by atoms with Crippen molar-refractivity contribution in [3.05, 3.63) is 64.3 Å². The van der Waals surface area contributed by atoms with Crippen molar-refractivity contribution in [3.63, 3.8) is 0 Å². The lowest BCUT2D eigenvalue weighted by Gasteiger charge is -2.20. The molecule has 0 saturated heterocycles. The van der Waals surface area contributed by atoms with E-state index in [0.29, 0.717) is 23.3 Å². The van der Waals surface area contributed by atoms with Gasteiger partial charge in [0.05, 0.1) is 11.0 Å². The van der Waals surface area contributed by atoms with Crippen LogP contribution in [0.5, 0.6) is 0 Å². The quantitative estimate of drug-likeness (QED) is 0.751. The molecule has 27 heavy (non-hydrogen) atoms. The van der Waals surface area contributed by atoms with Crippen molar-refractivity contribution in [1.29, 1.82) is 0 Å². The van der Waals surface area contributed by atoms with Gasteiger partial charge in [0.1, 0.15) is 5.56 Å². The molecule has 7 heteroatoms. The van der Waals surface area contributed by atoms with E-state index in [1.54, 1.807) is 54.3 Å². The van der Waals surface area contributed by atoms with E-state index < -0.39 is 5.91 Å². The van der Waals surface area contributed by atoms with Crippen LogP contribution in [0, 0.1) is 6.92 Å². The molecule has 1 N–H and O–H groups in total. The fourth-order valence-corrected chi connectivity index (χ4v) is 3.12. The highest BCUT2D eigenvalue weighted by Crippen LogP contribution is 2.16. The Morgan fingerprint density at radius 1 is 1.19 bits per heavy atom. The highest BCUT2D eigenvalue weighted by Gasteiger charge is 2.18. The average molecular weight is 365 g/mol. The molecule has 140 valence electrons. The van der Waals surface area contributed by atoms with Crippen molar-refractivity contribution in [2.75, 3.05) is 26.0 Å². The van der Waals surface area contributed by atoms with E-state index >= 15 is 0 Å². The molecule has 2 heterocycles. The molecular formula is C20H23N5O2. The maximum absolute atomic E-state index is 12.9. The number of nitrogens with one attached hydrogen (secondary N) is 1. The van der Waals surface area contributed by atoms with Crippen LogP contribution in [0.4, 0.5) is 5.69 Å². The number of pyridine rings is 1. The third-order valence-electron chi connectivity index (χ3n) is 4.39. The number of hydrogen-bond acceptors (Lipinski definition) is 5. The third-order valence-corrected chi connectivity index (χ3v) is 4.39. The molecule has 0 aliphatic rings. The lowest BCUT2D eigenvalue weighted by Crippen LogP contribution is -2.34. The zero-order chi connectivity index (χ0) is 19.6. The second kappa shape index (κ2) is 7.67. The number of fused-ring (bicyclic) bond motifs is 1. The Balaban J connectivity index is 1.92. The molecular weight excluding hydrogens is 342 g/mol. The number of rotatable bonds is 5. The molecule has 1 aromatic carbocycles. The van der Waals surface area contributed by atoms with Crippen molar-refractivity contribution >= 4 is 22.6 Å². The Hall–Kier alpha value is -3.06. The second-order valence-corrected chi connectivity index (χ2v) is 6.91. The van der Waals surface area contributed by atoms with Gasteiger partial charge in [-0.1, -0.05) is 0 Å². The Bertz CT molecular complexity index is 1040. The molecule has 3 rings (SSSR count). The van der Waals surface area contributed by atoms with E-state index in [4.69, 9.17) is 0 Å². The largest absolute Gasteiger partial charge is 0.322 e. The summed E-state index contributed by atoms with van der Waals surface area (Å²) in [6, 6.07) is 7.03. The highest BCUT2D eigenvalue weighted by atomic mass is 16.2. The summed E-state index contributed by atoms with van der Waals surface area (Å²) in [6.45, 7) is 4.43. The molecule has 2 aromatic heterocycles. The predicted octanol–water partition coefficient (Wildman–Crippen LogP) is 2.47. The number of likely N-dealkylation sites (N-methyl/N-ethyl adjacent to an activating group) is 1. The van der Waals surface area contributed by atoms with Crippen LogP contribution in [-0.4, -0.2) is 46.0 Å². The van der Waals surface area contributed by atoms with Gasteiger partial charge in [0.2, 0.25) is 0 Å². The number of nitrogens with zero attached hydrogens (tertiary/aromatic N) is 4. The number of carbonyl (C=O) groups is 1. The van der Waals surface area contributed by atoms with Crippen molar-refractivity contribution in [2.45, 2.75) is 19.9 Å². The van der Waals surface area contributed by atoms with Gasteiger partial charge >= 0.3 is 0 Å². The smallest absolute Gasteiger partial charge is 0.263 e. The Labute approximate surface area is 157 Å². The zero-order valence-corrected chi connectivity index (χ0v) is 15.9. The van der Waals surface area contributed by atoms with Crippen LogP contribution in [0.15, 0.2) is 47.7 Å². The summed E-state index contributed by atoms with van der Waals surface area (Å²) >= 11 is 0. The molecule has 0 saturated carbocycles. The number of carbonyl (C=O) groups excluding carboxylic acids is 1. The molecule has 7 nitrogen and oxygen atoms in total. The van der Waals surface area contributed by atoms with Gasteiger partial charge in [-0.05, 0) is 57.8 Å². The van der Waals surface area contributed by atoms with Gasteiger partial charge in [-0.3, -0.25) is 19.6 Å². The monoisotopic (exact) mass is 365 g/mol. The second-order valence-electron chi connectivity index (χ2n) is 6.91. The lowest BCUT2D eigenvalue weighted by atomic mass is 10.1. The average Bonchev–Trinajstić information content (AvgIpc) is 2.61. The molecule has 1 atom stereocenters. The van der Waals surface area contributed by atoms with Crippen LogP contribution in [-0.2, 0) is 0 Å². The minimum absolute atomic E-state index is 0.0457. The number of benzene rings is 1. The summed E-state index contributed by atoms with van der Waals surface area (Å²) in [4.78, 5) is 36.2. The fraction of sp³-hybridized carbons (Fsp3) is 0.300. The standard InChI is InChI=1S/C20H23N5O2/c1-13-7-10-25(14(2)12-24(3)4)20(27)18(13)19(26)23-15-5-6-16-17(11-15)22-9-8-21-16/h5-11,14H,12H2,1-4H3,(H,23,26). The number of anilines is 1. The Morgan fingerprint density at radius 3 is 2.59 bits per heavy atom. The van der Waals surface area contributed by atoms with Gasteiger partial charge < -0.3 is 14.8 Å². The topological polar surface area (TPSA) is 80.1 Å². The maximum Gasteiger partial charge on any atom is 0.263 e. The summed E-state index contributed by atoms with van der Waals surface area (Å²) in [5.41, 5.74) is 2.50. The number of hydrogen-bond donors (Lipinski definition) is 1. The molecule has 3 aromatic rings. The molecule has 0 bridgehead atoms. The van der Waals surface area contributed by atoms with E-state index in [0.717, 1.165) is 5.52 Å². The van der Waals surface area contributed by atoms with Gasteiger partial charge in [0, 0.05) is 36.9 Å². The molecule has 0 radical (unpaired) electrons. The summed E-state index contributed by atoms with van der Waals surface area (Å²) in [5, 5.41) is 2.81. The summed E-state index contributed by atoms with van der Waals surface area (Å²) < 4.78 is 1.60. The fourth-order valence-electron chi connectivity index (χ4n) is 3.12. The van der Waals surface area contributed by atoms with E-state index in [-0.39, 0.29) is 17.2 Å². The summed E-state index contributed by atoms with van der Waals surface area (Å²) in [5.74, 6) is -0.424. The highest BCUT2D eigenvalue weighted by molar-refractivity contribution is 6.05. The lowest BCUT2D eigenvalue weighted by molar-refractivity contribution is 0.102. The first kappa shape index (κ1) is 18.7. The van der Waals surface area contributed by atoms with Crippen molar-refractivity contribution in [3.8, 4) is 0 Å². The summed E-state index contributed by atoms with van der Waals surface area (Å²) in [7, 11) is 3.90. The van der Waals surface area contributed by atoms with Gasteiger partial charge in [0.15, 0.2) is 0 Å². The van der Waals surface area contributed by atoms with Crippen molar-refractivity contribution in [1.82, 2.24) is 19.4 Å². The zero-order valence-electron chi connectivity index (χ0n) is 15.9. The molecule has 1 amide bonds. The van der Waals surface area contributed by atoms with Crippen LogP contribution in [0.2, 0.25) is 0 Å². The van der Waals surface area contributed by atoms with E-state index in [9.17, 15) is 9.59 Å². The van der Waals surface area contributed by atoms with Crippen LogP contribution >= 0.6 is 0 Å². The maximum atomic E-state index is 12.9. The van der Waals surface area contributed by atoms with Gasteiger partial charge in [-0.2, -0.15) is 0 Å². The first-order valence-electron chi connectivity index (χ1n) is 8.75. The van der Waals surface area contributed by atoms with E-state index in [2.05, 4.69) is 15.3 Å². The normalized spacial score (nSPS) is 12.3. The number of aromatic nitrogens is 3. The summed E-state index contributed by atoms with van der Waals surface area (Å²) in [6.07, 6.45) is 4.96. The van der Waals surface area contributed by atoms with E-state index in [1.807, 2.05) is 25.9 Å². The van der Waals surface area contributed by atoms with Crippen LogP contribution < -0.4 is 10.9 Å². The first-order chi connectivity index (χ1) is 12.9. The van der Waals surface area contributed by atoms with Crippen LogP contribution in [0.1, 0.15) is 28.9 Å². The van der Waals surface area contributed by atoms with Crippen molar-refractivity contribution < 1.29 is 4.79 Å². The van der Waals surface area contributed by atoms with Crippen molar-refractivity contribution in [2.24, 2.45) is 0 Å². The molecule has 0 aliphatic carbocycles. The minimum atomic E-state index is -0.424.